The van der Waals surface area contributed by atoms with Gasteiger partial charge in [0.1, 0.15) is 12.1 Å². The minimum Gasteiger partial charge on any atom is -0.465 e. The van der Waals surface area contributed by atoms with Gasteiger partial charge in [-0.2, -0.15) is 0 Å². The highest BCUT2D eigenvalue weighted by atomic mass is 16.5. The van der Waals surface area contributed by atoms with Crippen LogP contribution in [0.3, 0.4) is 0 Å². The van der Waals surface area contributed by atoms with E-state index in [9.17, 15) is 24.3 Å². The van der Waals surface area contributed by atoms with Crippen LogP contribution in [0.1, 0.15) is 139 Å². The Hall–Kier alpha value is -5.98. The van der Waals surface area contributed by atoms with Gasteiger partial charge in [0.05, 0.1) is 31.3 Å². The summed E-state index contributed by atoms with van der Waals surface area (Å²) in [4.78, 5) is 65.2. The standard InChI is InChI=1S/C51H65N7O6/c1-29(2)45(54-49(61)62)47(59)56-23-9-11-43(56)39-25-31-13-15-33(27-37(31)52-39)41-21-22-42(58(41)36-19-17-35(18-20-36)51(5,6)7)34-16-14-32-26-40(53-38(32)28-34)44-12-10-24-57(44)48(60)46(30(3)4)55-50(63)64-8/h13-20,25-30,41-46,52-54H,9-12,21-24H2,1-8H3,(H,55,63)(H,61,62)/t41-,42?,43+,44+,45+,46+/m1/s1. The fraction of sp³-hybridized carbons (Fsp3) is 0.490. The van der Waals surface area contributed by atoms with Gasteiger partial charge in [0, 0.05) is 41.2 Å². The lowest BCUT2D eigenvalue weighted by Crippen LogP contribution is -2.51. The topological polar surface area (TPSA) is 163 Å². The Bertz CT molecular complexity index is 2520. The van der Waals surface area contributed by atoms with Gasteiger partial charge in [0.15, 0.2) is 0 Å². The van der Waals surface area contributed by atoms with Crippen molar-refractivity contribution in [2.24, 2.45) is 11.8 Å². The number of anilines is 1. The van der Waals surface area contributed by atoms with E-state index < -0.39 is 24.3 Å². The number of nitrogens with zero attached hydrogens (tertiary/aromatic N) is 3. The third-order valence-electron chi connectivity index (χ3n) is 13.9. The van der Waals surface area contributed by atoms with E-state index in [0.29, 0.717) is 13.1 Å². The molecule has 0 saturated carbocycles. The molecule has 3 saturated heterocycles. The Morgan fingerprint density at radius 3 is 1.55 bits per heavy atom. The molecule has 3 aromatic carbocycles. The number of carboxylic acid groups (broad SMARTS) is 1. The van der Waals surface area contributed by atoms with Gasteiger partial charge in [0.25, 0.3) is 0 Å². The second-order valence-corrected chi connectivity index (χ2v) is 19.9. The number of hydrogen-bond acceptors (Lipinski definition) is 6. The van der Waals surface area contributed by atoms with Crippen LogP contribution < -0.4 is 15.5 Å². The SMILES string of the molecule is COC(=O)N[C@H](C(=O)N1CCC[C@H]1c1cc2ccc(C3CC[C@H](c4ccc5cc([C@@H]6CCCN6C(=O)[C@@H](NC(=O)O)C(C)C)[nH]c5c4)N3c3ccc(C(C)(C)C)cc3)cc2[nH]1)C(C)C. The summed E-state index contributed by atoms with van der Waals surface area (Å²) < 4.78 is 4.84. The third-order valence-corrected chi connectivity index (χ3v) is 13.9. The number of alkyl carbamates (subject to hydrolysis) is 1. The van der Waals surface area contributed by atoms with Crippen LogP contribution in [0, 0.1) is 11.8 Å². The quantitative estimate of drug-likeness (QED) is 0.0882. The molecule has 0 spiro atoms. The lowest BCUT2D eigenvalue weighted by Gasteiger charge is -2.34. The minimum absolute atomic E-state index is 0.0180. The average Bonchev–Trinajstić information content (AvgIpc) is 4.11. The number of H-pyrrole nitrogens is 2. The summed E-state index contributed by atoms with van der Waals surface area (Å²) in [5, 5.41) is 16.9. The van der Waals surface area contributed by atoms with E-state index in [1.54, 1.807) is 0 Å². The molecule has 0 radical (unpaired) electrons. The van der Waals surface area contributed by atoms with E-state index in [0.717, 1.165) is 77.4 Å². The van der Waals surface area contributed by atoms with Crippen LogP contribution in [0.15, 0.2) is 72.8 Å². The van der Waals surface area contributed by atoms with Crippen LogP contribution in [-0.2, 0) is 19.7 Å². The summed E-state index contributed by atoms with van der Waals surface area (Å²) >= 11 is 0. The molecule has 2 aromatic heterocycles. The zero-order chi connectivity index (χ0) is 45.6. The number of aromatic amines is 2. The van der Waals surface area contributed by atoms with Crippen molar-refractivity contribution in [2.45, 2.75) is 129 Å². The molecule has 0 bridgehead atoms. The molecule has 5 heterocycles. The van der Waals surface area contributed by atoms with E-state index in [4.69, 9.17) is 4.74 Å². The molecule has 0 aliphatic carbocycles. The molecule has 5 aromatic rings. The van der Waals surface area contributed by atoms with Crippen LogP contribution in [0.4, 0.5) is 15.3 Å². The Balaban J connectivity index is 1.09. The molecule has 3 fully saturated rings. The van der Waals surface area contributed by atoms with E-state index in [1.165, 1.54) is 23.8 Å². The number of fused-ring (bicyclic) bond motifs is 2. The van der Waals surface area contributed by atoms with Gasteiger partial charge in [-0.15, -0.1) is 0 Å². The van der Waals surface area contributed by atoms with Crippen molar-refractivity contribution >= 4 is 51.5 Å². The van der Waals surface area contributed by atoms with Crippen molar-refractivity contribution in [3.05, 3.63) is 101 Å². The molecule has 6 atom stereocenters. The number of methoxy groups -OCH3 is 1. The number of likely N-dealkylation sites (tertiary alicyclic amines) is 2. The number of carbonyl (C=O) groups is 4. The number of benzene rings is 3. The molecular weight excluding hydrogens is 807 g/mol. The van der Waals surface area contributed by atoms with Crippen molar-refractivity contribution in [1.82, 2.24) is 30.4 Å². The number of nitrogens with one attached hydrogen (secondary N) is 4. The largest absolute Gasteiger partial charge is 0.465 e. The molecule has 64 heavy (non-hydrogen) atoms. The van der Waals surface area contributed by atoms with Crippen LogP contribution in [0.5, 0.6) is 0 Å². The van der Waals surface area contributed by atoms with Crippen molar-refractivity contribution in [3.63, 3.8) is 0 Å². The Morgan fingerprint density at radius 1 is 0.656 bits per heavy atom. The number of hydrogen-bond donors (Lipinski definition) is 5. The molecule has 13 nitrogen and oxygen atoms in total. The van der Waals surface area contributed by atoms with Crippen LogP contribution in [0.2, 0.25) is 0 Å². The van der Waals surface area contributed by atoms with Gasteiger partial charge < -0.3 is 45.1 Å². The maximum absolute atomic E-state index is 13.9. The second kappa shape index (κ2) is 17.9. The molecule has 3 aliphatic rings. The van der Waals surface area contributed by atoms with E-state index >= 15 is 0 Å². The fourth-order valence-electron chi connectivity index (χ4n) is 10.5. The van der Waals surface area contributed by atoms with Crippen LogP contribution in [-0.4, -0.2) is 81.2 Å². The molecule has 13 heteroatoms. The van der Waals surface area contributed by atoms with Crippen LogP contribution in [0.25, 0.3) is 21.8 Å². The van der Waals surface area contributed by atoms with Gasteiger partial charge in [-0.25, -0.2) is 9.59 Å². The molecule has 1 unspecified atom stereocenters. The summed E-state index contributed by atoms with van der Waals surface area (Å²) in [6.07, 6.45) is 3.48. The maximum atomic E-state index is 13.9. The molecule has 5 N–H and O–H groups in total. The predicted molar refractivity (Wildman–Crippen MR) is 250 cm³/mol. The first-order chi connectivity index (χ1) is 30.5. The predicted octanol–water partition coefficient (Wildman–Crippen LogP) is 10.0. The first-order valence-corrected chi connectivity index (χ1v) is 23.1. The van der Waals surface area contributed by atoms with Crippen molar-refractivity contribution in [1.29, 1.82) is 0 Å². The van der Waals surface area contributed by atoms with Gasteiger partial charge in [-0.05, 0) is 120 Å². The zero-order valence-corrected chi connectivity index (χ0v) is 38.5. The van der Waals surface area contributed by atoms with Gasteiger partial charge in [-0.3, -0.25) is 9.59 Å². The van der Waals surface area contributed by atoms with E-state index in [2.05, 4.69) is 119 Å². The monoisotopic (exact) mass is 871 g/mol. The number of aromatic nitrogens is 2. The summed E-state index contributed by atoms with van der Waals surface area (Å²) in [5.41, 5.74) is 8.91. The normalized spacial score (nSPS) is 21.3. The molecule has 8 rings (SSSR count). The first kappa shape index (κ1) is 44.6. The number of rotatable bonds is 11. The highest BCUT2D eigenvalue weighted by Gasteiger charge is 2.40. The highest BCUT2D eigenvalue weighted by molar-refractivity contribution is 5.88. The lowest BCUT2D eigenvalue weighted by atomic mass is 9.87. The molecule has 4 amide bonds. The summed E-state index contributed by atoms with van der Waals surface area (Å²) in [7, 11) is 1.31. The Labute approximate surface area is 376 Å². The minimum atomic E-state index is -1.19. The lowest BCUT2D eigenvalue weighted by molar-refractivity contribution is -0.136. The van der Waals surface area contributed by atoms with Gasteiger partial charge >= 0.3 is 12.2 Å². The number of carbonyl (C=O) groups excluding carboxylic acids is 3. The molecule has 340 valence electrons. The third kappa shape index (κ3) is 8.77. The Kier molecular flexibility index (Phi) is 12.5. The van der Waals surface area contributed by atoms with Gasteiger partial charge in [0.2, 0.25) is 11.8 Å². The molecule has 3 aliphatic heterocycles. The number of ether oxygens (including phenoxy) is 1. The molecular formula is C51H65N7O6. The van der Waals surface area contributed by atoms with Crippen molar-refractivity contribution in [2.75, 3.05) is 25.1 Å². The number of amides is 4. The fourth-order valence-corrected chi connectivity index (χ4v) is 10.5. The highest BCUT2D eigenvalue weighted by Crippen LogP contribution is 2.48. The zero-order valence-electron chi connectivity index (χ0n) is 38.5. The van der Waals surface area contributed by atoms with E-state index in [1.807, 2.05) is 37.5 Å². The van der Waals surface area contributed by atoms with Gasteiger partial charge in [-0.1, -0.05) is 84.9 Å². The Morgan fingerprint density at radius 2 is 1.12 bits per heavy atom. The average molecular weight is 872 g/mol. The first-order valence-electron chi connectivity index (χ1n) is 23.1. The summed E-state index contributed by atoms with van der Waals surface area (Å²) in [6.45, 7) is 15.5. The smallest absolute Gasteiger partial charge is 0.407 e. The maximum Gasteiger partial charge on any atom is 0.407 e. The summed E-state index contributed by atoms with van der Waals surface area (Å²) in [5.74, 6) is -0.556. The van der Waals surface area contributed by atoms with Crippen molar-refractivity contribution < 1.29 is 29.0 Å². The summed E-state index contributed by atoms with van der Waals surface area (Å²) in [6, 6.07) is 25.2. The van der Waals surface area contributed by atoms with E-state index in [-0.39, 0.29) is 53.2 Å². The van der Waals surface area contributed by atoms with Crippen LogP contribution >= 0.6 is 0 Å². The second-order valence-electron chi connectivity index (χ2n) is 19.9. The van der Waals surface area contributed by atoms with Crippen molar-refractivity contribution in [3.8, 4) is 0 Å².